The first-order valence-corrected chi connectivity index (χ1v) is 22.2. The SMILES string of the molecule is Nc1nc2c(ncn2C2OC(COP(=O)(O)OP(=O)(O)OP(=O)(O)OC[C@H]3O[C@@H](c4cn(CCOc5ccc(Cl)cc5)c5c(=O)[nH]c(N)nc45)C(O)C3O)[C@@H](O)[C@H]2O)c(=O)[nH]1. The lowest BCUT2D eigenvalue weighted by atomic mass is 10.0. The number of nitrogens with zero attached hydrogens (tertiary/aromatic N) is 5. The van der Waals surface area contributed by atoms with Crippen molar-refractivity contribution in [3.05, 3.63) is 68.1 Å². The maximum Gasteiger partial charge on any atom is 0.490 e. The number of anilines is 2. The summed E-state index contributed by atoms with van der Waals surface area (Å²) in [5.41, 5.74) is 9.58. The molecule has 0 spiro atoms. The summed E-state index contributed by atoms with van der Waals surface area (Å²) in [6.45, 7) is -2.11. The highest BCUT2D eigenvalue weighted by atomic mass is 35.5. The molecule has 0 radical (unpaired) electrons. The Labute approximate surface area is 344 Å². The van der Waals surface area contributed by atoms with Crippen molar-refractivity contribution < 1.29 is 80.7 Å². The zero-order chi connectivity index (χ0) is 44.2. The van der Waals surface area contributed by atoms with Crippen LogP contribution in [-0.4, -0.2) is 126 Å². The Kier molecular flexibility index (Phi) is 12.7. The van der Waals surface area contributed by atoms with Crippen molar-refractivity contribution in [2.45, 2.75) is 55.5 Å². The fourth-order valence-electron chi connectivity index (χ4n) is 6.45. The molecule has 1 aromatic carbocycles. The molecule has 32 heteroatoms. The van der Waals surface area contributed by atoms with Gasteiger partial charge in [-0.3, -0.25) is 33.2 Å². The van der Waals surface area contributed by atoms with Crippen molar-refractivity contribution in [1.29, 1.82) is 0 Å². The van der Waals surface area contributed by atoms with Gasteiger partial charge in [-0.15, -0.1) is 0 Å². The largest absolute Gasteiger partial charge is 0.492 e. The standard InChI is InChI=1S/C29H35ClN9O19P3/c30-11-1-3-12(4-2-11)52-6-5-38-7-13(16-18(38)26(45)37-28(31)34-16)23-21(42)19(40)14(55-23)8-53-59(46,47)57-61(50,51)58-60(48,49)54-9-15-20(41)22(43)27(56-15)39-10-33-17-24(39)35-29(32)36-25(17)44/h1-4,7,10,14-15,19-23,27,40-43H,5-6,8-9H2,(H,46,47)(H,48,49)(H,50,51)(H3,31,34,37,45)(H3,32,35,36,44)/t14-,15?,19?,20-,21?,22-,23+,27?/m1/s1. The molecule has 61 heavy (non-hydrogen) atoms. The molecule has 0 aliphatic carbocycles. The maximum absolute atomic E-state index is 12.9. The van der Waals surface area contributed by atoms with Gasteiger partial charge in [-0.25, -0.2) is 23.7 Å². The van der Waals surface area contributed by atoms with Gasteiger partial charge in [0.25, 0.3) is 11.1 Å². The van der Waals surface area contributed by atoms with E-state index in [0.29, 0.717) is 10.8 Å². The van der Waals surface area contributed by atoms with Gasteiger partial charge in [-0.1, -0.05) is 11.6 Å². The number of aromatic nitrogens is 7. The highest BCUT2D eigenvalue weighted by molar-refractivity contribution is 7.66. The van der Waals surface area contributed by atoms with Gasteiger partial charge in [0.15, 0.2) is 17.4 Å². The van der Waals surface area contributed by atoms with Crippen LogP contribution in [0.3, 0.4) is 0 Å². The number of nitrogen functional groups attached to an aromatic ring is 2. The zero-order valence-corrected chi connectivity index (χ0v) is 34.0. The van der Waals surface area contributed by atoms with E-state index in [0.717, 1.165) is 10.9 Å². The number of ether oxygens (including phenoxy) is 3. The topological polar surface area (TPSA) is 424 Å². The van der Waals surface area contributed by atoms with Gasteiger partial charge in [0.2, 0.25) is 11.9 Å². The Hall–Kier alpha value is -4.15. The molecule has 5 aromatic rings. The fourth-order valence-corrected chi connectivity index (χ4v) is 10.1. The molecule has 28 nitrogen and oxygen atoms in total. The van der Waals surface area contributed by atoms with Crippen LogP contribution in [0.25, 0.3) is 22.2 Å². The first-order chi connectivity index (χ1) is 28.6. The van der Waals surface area contributed by atoms with E-state index >= 15 is 0 Å². The van der Waals surface area contributed by atoms with Crippen LogP contribution < -0.4 is 27.3 Å². The molecule has 7 unspecified atom stereocenters. The number of benzene rings is 1. The minimum Gasteiger partial charge on any atom is -0.492 e. The summed E-state index contributed by atoms with van der Waals surface area (Å²) in [6.07, 6.45) is -11.1. The van der Waals surface area contributed by atoms with E-state index in [2.05, 4.69) is 42.6 Å². The first kappa shape index (κ1) is 44.9. The van der Waals surface area contributed by atoms with Crippen molar-refractivity contribution in [2.75, 3.05) is 31.3 Å². The molecule has 0 saturated carbocycles. The van der Waals surface area contributed by atoms with Crippen LogP contribution in [0.15, 0.2) is 46.4 Å². The molecule has 7 rings (SSSR count). The number of aromatic amines is 2. The molecule has 2 saturated heterocycles. The molecule has 11 atom stereocenters. The third kappa shape index (κ3) is 9.75. The van der Waals surface area contributed by atoms with E-state index in [-0.39, 0.29) is 52.8 Å². The second-order valence-electron chi connectivity index (χ2n) is 13.3. The predicted molar refractivity (Wildman–Crippen MR) is 203 cm³/mol. The number of nitrogens with one attached hydrogen (secondary N) is 2. The quantitative estimate of drug-likeness (QED) is 0.0523. The number of aliphatic hydroxyl groups is 4. The number of rotatable bonds is 16. The average molecular weight is 942 g/mol. The lowest BCUT2D eigenvalue weighted by Gasteiger charge is -2.21. The number of fused-ring (bicyclic) bond motifs is 2. The molecule has 2 aliphatic rings. The van der Waals surface area contributed by atoms with Crippen molar-refractivity contribution in [3.8, 4) is 5.75 Å². The monoisotopic (exact) mass is 941 g/mol. The van der Waals surface area contributed by atoms with E-state index in [1.807, 2.05) is 0 Å². The van der Waals surface area contributed by atoms with Crippen LogP contribution in [0, 0.1) is 0 Å². The van der Waals surface area contributed by atoms with Gasteiger partial charge in [-0.2, -0.15) is 13.6 Å². The lowest BCUT2D eigenvalue weighted by Crippen LogP contribution is -2.33. The van der Waals surface area contributed by atoms with Crippen molar-refractivity contribution in [3.63, 3.8) is 0 Å². The summed E-state index contributed by atoms with van der Waals surface area (Å²) in [7, 11) is -17.5. The number of phosphoric acid groups is 3. The number of phosphoric ester groups is 2. The number of H-pyrrole nitrogens is 2. The third-order valence-corrected chi connectivity index (χ3v) is 13.6. The van der Waals surface area contributed by atoms with E-state index in [4.69, 9.17) is 37.3 Å². The Bertz CT molecular complexity index is 2700. The van der Waals surface area contributed by atoms with Gasteiger partial charge in [0.05, 0.1) is 26.1 Å². The number of hydrogen-bond acceptors (Lipinski definition) is 21. The molecule has 4 aromatic heterocycles. The summed E-state index contributed by atoms with van der Waals surface area (Å²) in [6, 6.07) is 6.48. The van der Waals surface area contributed by atoms with E-state index < -0.39 is 96.8 Å². The third-order valence-electron chi connectivity index (χ3n) is 9.13. The van der Waals surface area contributed by atoms with E-state index in [1.165, 1.54) is 10.8 Å². The van der Waals surface area contributed by atoms with Gasteiger partial charge >= 0.3 is 23.5 Å². The average Bonchev–Trinajstić information content (AvgIpc) is 3.89. The summed E-state index contributed by atoms with van der Waals surface area (Å²) < 4.78 is 74.7. The molecular weight excluding hydrogens is 907 g/mol. The van der Waals surface area contributed by atoms with Crippen molar-refractivity contribution >= 4 is 69.2 Å². The van der Waals surface area contributed by atoms with Crippen LogP contribution in [0.4, 0.5) is 11.9 Å². The minimum absolute atomic E-state index is 0.00896. The second-order valence-corrected chi connectivity index (χ2v) is 18.4. The summed E-state index contributed by atoms with van der Waals surface area (Å²) in [4.78, 5) is 71.9. The summed E-state index contributed by atoms with van der Waals surface area (Å²) >= 11 is 5.91. The maximum atomic E-state index is 12.9. The molecule has 6 heterocycles. The first-order valence-electron chi connectivity index (χ1n) is 17.3. The second kappa shape index (κ2) is 17.2. The molecule has 0 amide bonds. The molecule has 2 aliphatic heterocycles. The smallest absolute Gasteiger partial charge is 0.490 e. The van der Waals surface area contributed by atoms with Crippen LogP contribution in [0.1, 0.15) is 17.9 Å². The normalized spacial score (nSPS) is 27.3. The highest BCUT2D eigenvalue weighted by Gasteiger charge is 2.49. The van der Waals surface area contributed by atoms with E-state index in [1.54, 1.807) is 24.3 Å². The Morgan fingerprint density at radius 3 is 2.03 bits per heavy atom. The van der Waals surface area contributed by atoms with E-state index in [9.17, 15) is 58.4 Å². The number of halogens is 1. The molecular formula is C29H35ClN9O19P3. The van der Waals surface area contributed by atoms with Gasteiger partial charge in [0.1, 0.15) is 66.1 Å². The number of imidazole rings is 1. The van der Waals surface area contributed by atoms with Crippen molar-refractivity contribution in [2.24, 2.45) is 0 Å². The van der Waals surface area contributed by atoms with Crippen LogP contribution >= 0.6 is 35.1 Å². The van der Waals surface area contributed by atoms with Gasteiger partial charge in [0, 0.05) is 16.8 Å². The molecule has 0 bridgehead atoms. The molecule has 13 N–H and O–H groups in total. The highest BCUT2D eigenvalue weighted by Crippen LogP contribution is 2.68. The van der Waals surface area contributed by atoms with Crippen LogP contribution in [0.5, 0.6) is 5.75 Å². The van der Waals surface area contributed by atoms with Crippen LogP contribution in [0.2, 0.25) is 5.02 Å². The fraction of sp³-hybridized carbons (Fsp3) is 0.414. The Morgan fingerprint density at radius 1 is 0.787 bits per heavy atom. The zero-order valence-electron chi connectivity index (χ0n) is 30.6. The van der Waals surface area contributed by atoms with Crippen LogP contribution in [-0.2, 0) is 47.4 Å². The molecule has 332 valence electrons. The number of nitrogens with two attached hydrogens (primary N) is 2. The number of aliphatic hydroxyl groups excluding tert-OH is 4. The van der Waals surface area contributed by atoms with Crippen molar-refractivity contribution in [1.82, 2.24) is 34.1 Å². The summed E-state index contributed by atoms with van der Waals surface area (Å²) in [5, 5.41) is 43.3. The molecule has 2 fully saturated rings. The Morgan fingerprint density at radius 2 is 1.38 bits per heavy atom. The van der Waals surface area contributed by atoms with Gasteiger partial charge in [-0.05, 0) is 24.3 Å². The predicted octanol–water partition coefficient (Wildman–Crippen LogP) is -1.10. The summed E-state index contributed by atoms with van der Waals surface area (Å²) in [5.74, 6) is -0.136. The van der Waals surface area contributed by atoms with Gasteiger partial charge < -0.3 is 65.4 Å². The minimum atomic E-state index is -6.05. The number of hydrogen-bond donors (Lipinski definition) is 11. The lowest BCUT2D eigenvalue weighted by molar-refractivity contribution is -0.0503. The Balaban J connectivity index is 0.952.